The van der Waals surface area contributed by atoms with E-state index in [2.05, 4.69) is 45.0 Å². The van der Waals surface area contributed by atoms with E-state index >= 15 is 0 Å². The third kappa shape index (κ3) is 2.51. The van der Waals surface area contributed by atoms with Crippen LogP contribution in [0.4, 0.5) is 0 Å². The Hall–Kier alpha value is -1.31. The van der Waals surface area contributed by atoms with Crippen LogP contribution in [0.2, 0.25) is 0 Å². The molecule has 1 aromatic rings. The lowest BCUT2D eigenvalue weighted by Crippen LogP contribution is -2.28. The van der Waals surface area contributed by atoms with Gasteiger partial charge in [0.1, 0.15) is 0 Å². The zero-order chi connectivity index (χ0) is 12.6. The number of carboxylic acid groups (broad SMARTS) is 1. The van der Waals surface area contributed by atoms with E-state index in [4.69, 9.17) is 5.11 Å². The maximum atomic E-state index is 10.7. The average molecular weight is 232 g/mol. The van der Waals surface area contributed by atoms with Gasteiger partial charge in [-0.25, -0.2) is 0 Å². The van der Waals surface area contributed by atoms with Crippen LogP contribution >= 0.6 is 0 Å². The summed E-state index contributed by atoms with van der Waals surface area (Å²) in [6.07, 6.45) is 1.59. The second-order valence-corrected chi connectivity index (χ2v) is 6.08. The van der Waals surface area contributed by atoms with Gasteiger partial charge < -0.3 is 5.11 Å². The SMILES string of the molecule is CC(C)(C)c1ccc(C2CC(C(=O)O)C2)cc1. The summed E-state index contributed by atoms with van der Waals surface area (Å²) in [6.45, 7) is 6.60. The predicted octanol–water partition coefficient (Wildman–Crippen LogP) is 3.56. The molecular formula is C15H20O2. The van der Waals surface area contributed by atoms with E-state index in [1.54, 1.807) is 0 Å². The van der Waals surface area contributed by atoms with Gasteiger partial charge in [0.2, 0.25) is 0 Å². The molecule has 0 unspecified atom stereocenters. The van der Waals surface area contributed by atoms with Crippen molar-refractivity contribution in [3.63, 3.8) is 0 Å². The first-order valence-corrected chi connectivity index (χ1v) is 6.21. The van der Waals surface area contributed by atoms with Crippen molar-refractivity contribution in [1.82, 2.24) is 0 Å². The minimum absolute atomic E-state index is 0.123. The van der Waals surface area contributed by atoms with Gasteiger partial charge >= 0.3 is 5.97 Å². The number of carbonyl (C=O) groups is 1. The van der Waals surface area contributed by atoms with E-state index in [1.807, 2.05) is 0 Å². The summed E-state index contributed by atoms with van der Waals surface area (Å²) >= 11 is 0. The fourth-order valence-electron chi connectivity index (χ4n) is 2.35. The summed E-state index contributed by atoms with van der Waals surface area (Å²) in [6, 6.07) is 8.65. The van der Waals surface area contributed by atoms with E-state index in [-0.39, 0.29) is 11.3 Å². The van der Waals surface area contributed by atoms with Crippen molar-refractivity contribution >= 4 is 5.97 Å². The van der Waals surface area contributed by atoms with Gasteiger partial charge in [0.15, 0.2) is 0 Å². The predicted molar refractivity (Wildman–Crippen MR) is 68.2 cm³/mol. The summed E-state index contributed by atoms with van der Waals surface area (Å²) < 4.78 is 0. The lowest BCUT2D eigenvalue weighted by molar-refractivity contribution is -0.145. The zero-order valence-corrected chi connectivity index (χ0v) is 10.7. The minimum atomic E-state index is -0.646. The molecule has 0 aromatic heterocycles. The summed E-state index contributed by atoms with van der Waals surface area (Å²) in [5.41, 5.74) is 2.80. The Labute approximate surface area is 103 Å². The van der Waals surface area contributed by atoms with Crippen molar-refractivity contribution < 1.29 is 9.90 Å². The molecule has 0 amide bonds. The van der Waals surface area contributed by atoms with Crippen molar-refractivity contribution in [1.29, 1.82) is 0 Å². The molecule has 0 saturated heterocycles. The topological polar surface area (TPSA) is 37.3 Å². The Bertz CT molecular complexity index is 406. The van der Waals surface area contributed by atoms with Crippen LogP contribution in [-0.4, -0.2) is 11.1 Å². The van der Waals surface area contributed by atoms with Gasteiger partial charge in [0.05, 0.1) is 5.92 Å². The van der Waals surface area contributed by atoms with E-state index < -0.39 is 5.97 Å². The Morgan fingerprint density at radius 3 is 2.12 bits per heavy atom. The monoisotopic (exact) mass is 232 g/mol. The summed E-state index contributed by atoms with van der Waals surface area (Å²) in [5.74, 6) is -0.319. The third-order valence-electron chi connectivity index (χ3n) is 3.74. The molecule has 0 heterocycles. The van der Waals surface area contributed by atoms with Gasteiger partial charge in [-0.2, -0.15) is 0 Å². The largest absolute Gasteiger partial charge is 0.481 e. The quantitative estimate of drug-likeness (QED) is 0.846. The van der Waals surface area contributed by atoms with E-state index in [1.165, 1.54) is 11.1 Å². The lowest BCUT2D eigenvalue weighted by Gasteiger charge is -2.33. The van der Waals surface area contributed by atoms with Crippen LogP contribution in [0.1, 0.15) is 50.7 Å². The second-order valence-electron chi connectivity index (χ2n) is 6.08. The maximum Gasteiger partial charge on any atom is 0.306 e. The Morgan fingerprint density at radius 1 is 1.18 bits per heavy atom. The number of aliphatic carboxylic acids is 1. The summed E-state index contributed by atoms with van der Waals surface area (Å²) in [4.78, 5) is 10.7. The van der Waals surface area contributed by atoms with Crippen LogP contribution in [0.25, 0.3) is 0 Å². The first-order valence-electron chi connectivity index (χ1n) is 6.21. The van der Waals surface area contributed by atoms with Gasteiger partial charge in [-0.05, 0) is 35.3 Å². The van der Waals surface area contributed by atoms with Gasteiger partial charge in [0, 0.05) is 0 Å². The molecule has 0 aliphatic heterocycles. The molecule has 17 heavy (non-hydrogen) atoms. The standard InChI is InChI=1S/C15H20O2/c1-15(2,3)13-6-4-10(5-7-13)11-8-12(9-11)14(16)17/h4-7,11-12H,8-9H2,1-3H3,(H,16,17). The van der Waals surface area contributed by atoms with Gasteiger partial charge in [-0.1, -0.05) is 45.0 Å². The van der Waals surface area contributed by atoms with E-state index in [0.717, 1.165) is 12.8 Å². The zero-order valence-electron chi connectivity index (χ0n) is 10.7. The van der Waals surface area contributed by atoms with Crippen molar-refractivity contribution in [3.8, 4) is 0 Å². The van der Waals surface area contributed by atoms with Crippen LogP contribution < -0.4 is 0 Å². The molecule has 1 N–H and O–H groups in total. The van der Waals surface area contributed by atoms with Gasteiger partial charge in [0.25, 0.3) is 0 Å². The molecular weight excluding hydrogens is 212 g/mol. The molecule has 1 aliphatic carbocycles. The Morgan fingerprint density at radius 2 is 1.71 bits per heavy atom. The Balaban J connectivity index is 2.03. The van der Waals surface area contributed by atoms with Crippen LogP contribution in [0.3, 0.4) is 0 Å². The molecule has 0 spiro atoms. The number of carboxylic acids is 1. The highest BCUT2D eigenvalue weighted by atomic mass is 16.4. The van der Waals surface area contributed by atoms with Gasteiger partial charge in [-0.3, -0.25) is 4.79 Å². The highest BCUT2D eigenvalue weighted by Crippen LogP contribution is 2.42. The van der Waals surface area contributed by atoms with Crippen LogP contribution in [0, 0.1) is 5.92 Å². The van der Waals surface area contributed by atoms with Crippen LogP contribution in [0.5, 0.6) is 0 Å². The second kappa shape index (κ2) is 4.17. The number of rotatable bonds is 2. The maximum absolute atomic E-state index is 10.7. The molecule has 1 fully saturated rings. The number of hydrogen-bond acceptors (Lipinski definition) is 1. The van der Waals surface area contributed by atoms with Crippen LogP contribution in [0.15, 0.2) is 24.3 Å². The molecule has 1 saturated carbocycles. The van der Waals surface area contributed by atoms with Crippen molar-refractivity contribution in [2.45, 2.75) is 44.9 Å². The first kappa shape index (κ1) is 12.2. The van der Waals surface area contributed by atoms with E-state index in [9.17, 15) is 4.79 Å². The minimum Gasteiger partial charge on any atom is -0.481 e. The molecule has 1 aromatic carbocycles. The molecule has 2 heteroatoms. The van der Waals surface area contributed by atoms with E-state index in [0.29, 0.717) is 5.92 Å². The van der Waals surface area contributed by atoms with Crippen molar-refractivity contribution in [2.75, 3.05) is 0 Å². The normalized spacial score (nSPS) is 24.2. The summed E-state index contributed by atoms with van der Waals surface area (Å²) in [7, 11) is 0. The van der Waals surface area contributed by atoms with Crippen LogP contribution in [-0.2, 0) is 10.2 Å². The number of benzene rings is 1. The van der Waals surface area contributed by atoms with Crippen molar-refractivity contribution in [2.24, 2.45) is 5.92 Å². The smallest absolute Gasteiger partial charge is 0.306 e. The molecule has 0 atom stereocenters. The molecule has 2 rings (SSSR count). The number of hydrogen-bond donors (Lipinski definition) is 1. The lowest BCUT2D eigenvalue weighted by atomic mass is 9.71. The highest BCUT2D eigenvalue weighted by Gasteiger charge is 2.35. The molecule has 0 radical (unpaired) electrons. The molecule has 2 nitrogen and oxygen atoms in total. The van der Waals surface area contributed by atoms with Gasteiger partial charge in [-0.15, -0.1) is 0 Å². The molecule has 92 valence electrons. The first-order chi connectivity index (χ1) is 7.88. The summed E-state index contributed by atoms with van der Waals surface area (Å²) in [5, 5.41) is 8.85. The fourth-order valence-corrected chi connectivity index (χ4v) is 2.35. The highest BCUT2D eigenvalue weighted by molar-refractivity contribution is 5.71. The van der Waals surface area contributed by atoms with Crippen molar-refractivity contribution in [3.05, 3.63) is 35.4 Å². The average Bonchev–Trinajstić information content (AvgIpc) is 2.14. The molecule has 1 aliphatic rings. The third-order valence-corrected chi connectivity index (χ3v) is 3.74. The molecule has 0 bridgehead atoms. The Kier molecular flexibility index (Phi) is 2.98. The fraction of sp³-hybridized carbons (Fsp3) is 0.533.